The SMILES string of the molecule is CC(C)(C)c1ccnc(-c2cccc(Oc3cccc(-c4cc5c(cn4)c4cccc6c7cc(-c8ccc(-c9ccccc9)cc8C(C)(C)C)ccc7n5c64)c3)c2)c1. The molecule has 0 aliphatic rings. The normalized spacial score (nSPS) is 12.3. The van der Waals surface area contributed by atoms with Crippen molar-refractivity contribution in [1.29, 1.82) is 0 Å². The molecule has 0 saturated heterocycles. The van der Waals surface area contributed by atoms with Gasteiger partial charge in [0.1, 0.15) is 11.5 Å². The number of rotatable bonds is 6. The molecule has 0 saturated carbocycles. The van der Waals surface area contributed by atoms with Crippen molar-refractivity contribution in [3.8, 4) is 56.3 Å². The van der Waals surface area contributed by atoms with Crippen LogP contribution in [0, 0.1) is 0 Å². The zero-order chi connectivity index (χ0) is 39.8. The molecule has 4 nitrogen and oxygen atoms in total. The van der Waals surface area contributed by atoms with Crippen LogP contribution in [-0.4, -0.2) is 14.4 Å². The number of fused-ring (bicyclic) bond motifs is 6. The fourth-order valence-electron chi connectivity index (χ4n) is 8.55. The number of ether oxygens (including phenoxy) is 1. The minimum Gasteiger partial charge on any atom is -0.457 e. The zero-order valence-electron chi connectivity index (χ0n) is 33.8. The maximum atomic E-state index is 6.48. The Balaban J connectivity index is 1.03. The van der Waals surface area contributed by atoms with Crippen LogP contribution in [-0.2, 0) is 10.8 Å². The van der Waals surface area contributed by atoms with E-state index < -0.39 is 0 Å². The van der Waals surface area contributed by atoms with E-state index in [1.54, 1.807) is 0 Å². The van der Waals surface area contributed by atoms with Gasteiger partial charge in [-0.05, 0) is 98.8 Å². The molecule has 0 amide bonds. The molecular weight excluding hydrogens is 707 g/mol. The molecule has 4 aromatic heterocycles. The van der Waals surface area contributed by atoms with Gasteiger partial charge in [0.05, 0.1) is 27.9 Å². The Morgan fingerprint density at radius 3 is 1.81 bits per heavy atom. The molecule has 0 fully saturated rings. The lowest BCUT2D eigenvalue weighted by Gasteiger charge is -2.24. The molecule has 282 valence electrons. The topological polar surface area (TPSA) is 39.4 Å². The van der Waals surface area contributed by atoms with Crippen molar-refractivity contribution in [1.82, 2.24) is 14.4 Å². The maximum absolute atomic E-state index is 6.48. The quantitative estimate of drug-likeness (QED) is 0.170. The average Bonchev–Trinajstić information content (AvgIpc) is 3.75. The van der Waals surface area contributed by atoms with Crippen molar-refractivity contribution in [3.63, 3.8) is 0 Å². The van der Waals surface area contributed by atoms with Crippen LogP contribution in [0.15, 0.2) is 164 Å². The summed E-state index contributed by atoms with van der Waals surface area (Å²) in [7, 11) is 0. The third kappa shape index (κ3) is 6.17. The molecule has 10 rings (SSSR count). The second-order valence-electron chi connectivity index (χ2n) is 17.6. The third-order valence-electron chi connectivity index (χ3n) is 11.6. The van der Waals surface area contributed by atoms with Crippen LogP contribution >= 0.6 is 0 Å². The molecule has 0 unspecified atom stereocenters. The highest BCUT2D eigenvalue weighted by atomic mass is 16.5. The molecule has 0 radical (unpaired) electrons. The summed E-state index contributed by atoms with van der Waals surface area (Å²) in [5.74, 6) is 1.52. The first-order chi connectivity index (χ1) is 28.0. The molecule has 10 aromatic rings. The molecule has 58 heavy (non-hydrogen) atoms. The first-order valence-corrected chi connectivity index (χ1v) is 20.1. The lowest BCUT2D eigenvalue weighted by atomic mass is 9.80. The number of nitrogens with zero attached hydrogens (tertiary/aromatic N) is 3. The van der Waals surface area contributed by atoms with Crippen molar-refractivity contribution >= 4 is 38.1 Å². The summed E-state index contributed by atoms with van der Waals surface area (Å²) in [6, 6.07) is 54.2. The summed E-state index contributed by atoms with van der Waals surface area (Å²) in [4.78, 5) is 9.69. The lowest BCUT2D eigenvalue weighted by molar-refractivity contribution is 0.483. The highest BCUT2D eigenvalue weighted by Gasteiger charge is 2.23. The van der Waals surface area contributed by atoms with Crippen molar-refractivity contribution in [3.05, 3.63) is 175 Å². The smallest absolute Gasteiger partial charge is 0.128 e. The van der Waals surface area contributed by atoms with Gasteiger partial charge in [0.25, 0.3) is 0 Å². The van der Waals surface area contributed by atoms with Crippen molar-refractivity contribution < 1.29 is 4.74 Å². The Morgan fingerprint density at radius 2 is 1.10 bits per heavy atom. The maximum Gasteiger partial charge on any atom is 0.128 e. The van der Waals surface area contributed by atoms with E-state index in [-0.39, 0.29) is 10.8 Å². The average molecular weight is 752 g/mol. The second kappa shape index (κ2) is 13.4. The predicted molar refractivity (Wildman–Crippen MR) is 242 cm³/mol. The molecular formula is C54H45N3O. The molecule has 0 spiro atoms. The van der Waals surface area contributed by atoms with Gasteiger partial charge in [0.2, 0.25) is 0 Å². The van der Waals surface area contributed by atoms with Crippen molar-refractivity contribution in [2.24, 2.45) is 0 Å². The Kier molecular flexibility index (Phi) is 8.24. The van der Waals surface area contributed by atoms with Gasteiger partial charge in [-0.2, -0.15) is 0 Å². The Hall–Kier alpha value is -6.78. The molecule has 0 bridgehead atoms. The van der Waals surface area contributed by atoms with Gasteiger partial charge in [-0.15, -0.1) is 0 Å². The number of benzene rings is 6. The van der Waals surface area contributed by atoms with Gasteiger partial charge in [-0.3, -0.25) is 9.97 Å². The van der Waals surface area contributed by atoms with Crippen LogP contribution in [0.1, 0.15) is 52.7 Å². The van der Waals surface area contributed by atoms with Crippen LogP contribution < -0.4 is 4.74 Å². The fourth-order valence-corrected chi connectivity index (χ4v) is 8.55. The number of hydrogen-bond donors (Lipinski definition) is 0. The van der Waals surface area contributed by atoms with Crippen LogP contribution in [0.2, 0.25) is 0 Å². The standard InChI is InChI=1S/C54H45N3O/c1-53(2,3)39-25-26-55-48(31-39)37-15-10-17-40(27-37)58-41-18-11-16-38(28-41)49-32-51-46(33-56-49)44-20-12-19-43-45-29-36(22-24-50(45)57(51)52(43)44)42-23-21-35(30-47(42)54(4,5)6)34-13-8-7-9-14-34/h7-33H,1-6H3. The highest BCUT2D eigenvalue weighted by molar-refractivity contribution is 6.23. The fraction of sp³-hybridized carbons (Fsp3) is 0.148. The summed E-state index contributed by atoms with van der Waals surface area (Å²) < 4.78 is 8.91. The van der Waals surface area contributed by atoms with Gasteiger partial charge in [0, 0.05) is 45.1 Å². The molecule has 0 aliphatic carbocycles. The molecule has 0 aliphatic heterocycles. The lowest BCUT2D eigenvalue weighted by Crippen LogP contribution is -2.13. The third-order valence-corrected chi connectivity index (χ3v) is 11.6. The second-order valence-corrected chi connectivity index (χ2v) is 17.6. The predicted octanol–water partition coefficient (Wildman–Crippen LogP) is 14.7. The van der Waals surface area contributed by atoms with Crippen LogP contribution in [0.25, 0.3) is 82.9 Å². The van der Waals surface area contributed by atoms with Gasteiger partial charge in [-0.25, -0.2) is 0 Å². The monoisotopic (exact) mass is 751 g/mol. The number of pyridine rings is 2. The summed E-state index contributed by atoms with van der Waals surface area (Å²) in [5.41, 5.74) is 15.0. The van der Waals surface area contributed by atoms with Gasteiger partial charge in [-0.1, -0.05) is 139 Å². The Labute approximate surface area is 339 Å². The van der Waals surface area contributed by atoms with E-state index >= 15 is 0 Å². The van der Waals surface area contributed by atoms with Gasteiger partial charge in [0.15, 0.2) is 0 Å². The molecule has 4 heterocycles. The van der Waals surface area contributed by atoms with E-state index in [4.69, 9.17) is 9.72 Å². The van der Waals surface area contributed by atoms with E-state index in [1.165, 1.54) is 60.6 Å². The van der Waals surface area contributed by atoms with E-state index in [0.29, 0.717) is 0 Å². The van der Waals surface area contributed by atoms with Crippen LogP contribution in [0.5, 0.6) is 11.5 Å². The minimum atomic E-state index is -0.0352. The number of para-hydroxylation sites is 1. The zero-order valence-corrected chi connectivity index (χ0v) is 33.8. The highest BCUT2D eigenvalue weighted by Crippen LogP contribution is 2.43. The van der Waals surface area contributed by atoms with E-state index in [9.17, 15) is 0 Å². The molecule has 0 atom stereocenters. The first kappa shape index (κ1) is 35.6. The molecule has 4 heteroatoms. The minimum absolute atomic E-state index is 0.0352. The van der Waals surface area contributed by atoms with Crippen LogP contribution in [0.3, 0.4) is 0 Å². The van der Waals surface area contributed by atoms with Crippen LogP contribution in [0.4, 0.5) is 0 Å². The summed E-state index contributed by atoms with van der Waals surface area (Å²) in [5, 5.41) is 4.87. The van der Waals surface area contributed by atoms with Gasteiger partial charge < -0.3 is 9.14 Å². The van der Waals surface area contributed by atoms with E-state index in [1.807, 2.05) is 36.7 Å². The largest absolute Gasteiger partial charge is 0.457 e. The van der Waals surface area contributed by atoms with Gasteiger partial charge >= 0.3 is 0 Å². The molecule has 0 N–H and O–H groups in total. The van der Waals surface area contributed by atoms with Crippen molar-refractivity contribution in [2.45, 2.75) is 52.4 Å². The van der Waals surface area contributed by atoms with E-state index in [2.05, 4.69) is 178 Å². The number of hydrogen-bond acceptors (Lipinski definition) is 3. The summed E-state index contributed by atoms with van der Waals surface area (Å²) in [6.45, 7) is 13.6. The summed E-state index contributed by atoms with van der Waals surface area (Å²) >= 11 is 0. The van der Waals surface area contributed by atoms with Crippen molar-refractivity contribution in [2.75, 3.05) is 0 Å². The molecule has 6 aromatic carbocycles. The Morgan fingerprint density at radius 1 is 0.448 bits per heavy atom. The van der Waals surface area contributed by atoms with E-state index in [0.717, 1.165) is 44.9 Å². The Bertz CT molecular complexity index is 3160. The summed E-state index contributed by atoms with van der Waals surface area (Å²) in [6.07, 6.45) is 3.93. The first-order valence-electron chi connectivity index (χ1n) is 20.1. The number of aromatic nitrogens is 3.